The number of rotatable bonds is 5. The van der Waals surface area contributed by atoms with E-state index in [-0.39, 0.29) is 5.91 Å². The molecular weight excluding hydrogens is 228 g/mol. The van der Waals surface area contributed by atoms with Gasteiger partial charge in [0.15, 0.2) is 0 Å². The number of nitrogens with zero attached hydrogens (tertiary/aromatic N) is 1. The molecule has 1 aliphatic rings. The molecule has 1 aromatic rings. The fraction of sp³-hybridized carbons (Fsp3) is 0.500. The van der Waals surface area contributed by atoms with E-state index < -0.39 is 6.04 Å². The van der Waals surface area contributed by atoms with Crippen molar-refractivity contribution in [2.24, 2.45) is 5.73 Å². The lowest BCUT2D eigenvalue weighted by Crippen LogP contribution is -2.34. The van der Waals surface area contributed by atoms with Crippen LogP contribution < -0.4 is 10.6 Å². The number of ether oxygens (including phenoxy) is 1. The van der Waals surface area contributed by atoms with Crippen molar-refractivity contribution < 1.29 is 9.53 Å². The van der Waals surface area contributed by atoms with Crippen LogP contribution in [0.1, 0.15) is 31.0 Å². The summed E-state index contributed by atoms with van der Waals surface area (Å²) in [6.45, 7) is 5.81. The van der Waals surface area contributed by atoms with Gasteiger partial charge < -0.3 is 15.4 Å². The van der Waals surface area contributed by atoms with Crippen LogP contribution in [0.25, 0.3) is 0 Å². The van der Waals surface area contributed by atoms with Crippen LogP contribution in [0.2, 0.25) is 0 Å². The highest BCUT2D eigenvalue weighted by Crippen LogP contribution is 2.35. The maximum Gasteiger partial charge on any atom is 0.248 e. The predicted molar refractivity (Wildman–Crippen MR) is 71.6 cm³/mol. The summed E-state index contributed by atoms with van der Waals surface area (Å²) in [5, 5.41) is 0. The van der Waals surface area contributed by atoms with Crippen LogP contribution in [-0.4, -0.2) is 25.7 Å². The topological polar surface area (TPSA) is 55.6 Å². The molecule has 0 aromatic heterocycles. The molecule has 4 nitrogen and oxygen atoms in total. The molecule has 0 aliphatic carbocycles. The number of aryl methyl sites for hydroxylation is 1. The number of carbonyl (C=O) groups is 1. The molecule has 2 rings (SSSR count). The number of fused-ring (bicyclic) bond motifs is 1. The quantitative estimate of drug-likeness (QED) is 0.806. The summed E-state index contributed by atoms with van der Waals surface area (Å²) < 4.78 is 5.30. The molecule has 1 atom stereocenters. The van der Waals surface area contributed by atoms with Gasteiger partial charge in [-0.15, -0.1) is 0 Å². The highest BCUT2D eigenvalue weighted by molar-refractivity contribution is 6.04. The first kappa shape index (κ1) is 13.1. The average Bonchev–Trinajstić information content (AvgIpc) is 2.63. The lowest BCUT2D eigenvalue weighted by molar-refractivity contribution is -0.119. The first-order valence-corrected chi connectivity index (χ1v) is 6.46. The summed E-state index contributed by atoms with van der Waals surface area (Å²) in [7, 11) is 0. The van der Waals surface area contributed by atoms with Gasteiger partial charge in [-0.1, -0.05) is 19.1 Å². The standard InChI is InChI=1S/C14H20N2O2/c1-3-10-5-6-12-11(9-10)13(15)14(17)16(12)7-8-18-4-2/h5-6,9,13H,3-4,7-8,15H2,1-2H3. The van der Waals surface area contributed by atoms with Crippen LogP contribution in [0.3, 0.4) is 0 Å². The van der Waals surface area contributed by atoms with Crippen molar-refractivity contribution in [1.29, 1.82) is 0 Å². The molecule has 1 amide bonds. The molecule has 1 unspecified atom stereocenters. The molecule has 1 heterocycles. The van der Waals surface area contributed by atoms with E-state index in [1.54, 1.807) is 4.90 Å². The van der Waals surface area contributed by atoms with Crippen molar-refractivity contribution >= 4 is 11.6 Å². The molecule has 2 N–H and O–H groups in total. The largest absolute Gasteiger partial charge is 0.380 e. The molecule has 98 valence electrons. The third-order valence-corrected chi connectivity index (χ3v) is 3.32. The molecule has 0 spiro atoms. The normalized spacial score (nSPS) is 18.3. The second kappa shape index (κ2) is 5.50. The zero-order valence-corrected chi connectivity index (χ0v) is 11.0. The Kier molecular flexibility index (Phi) is 3.99. The van der Waals surface area contributed by atoms with Crippen molar-refractivity contribution in [2.75, 3.05) is 24.7 Å². The first-order valence-electron chi connectivity index (χ1n) is 6.46. The van der Waals surface area contributed by atoms with Gasteiger partial charge in [0, 0.05) is 24.4 Å². The molecule has 0 bridgehead atoms. The Balaban J connectivity index is 2.23. The zero-order valence-electron chi connectivity index (χ0n) is 11.0. The van der Waals surface area contributed by atoms with Crippen molar-refractivity contribution in [3.05, 3.63) is 29.3 Å². The summed E-state index contributed by atoms with van der Waals surface area (Å²) in [6, 6.07) is 5.56. The van der Waals surface area contributed by atoms with E-state index in [0.717, 1.165) is 17.7 Å². The van der Waals surface area contributed by atoms with Crippen molar-refractivity contribution in [3.8, 4) is 0 Å². The van der Waals surface area contributed by atoms with E-state index in [4.69, 9.17) is 10.5 Å². The van der Waals surface area contributed by atoms with Crippen LogP contribution in [-0.2, 0) is 16.0 Å². The van der Waals surface area contributed by atoms with Crippen LogP contribution in [0, 0.1) is 0 Å². The summed E-state index contributed by atoms with van der Waals surface area (Å²) in [5.74, 6) is -0.0297. The number of amides is 1. The first-order chi connectivity index (χ1) is 8.69. The number of benzene rings is 1. The molecule has 0 saturated carbocycles. The Morgan fingerprint density at radius 2 is 2.17 bits per heavy atom. The van der Waals surface area contributed by atoms with Gasteiger partial charge in [0.25, 0.3) is 0 Å². The molecule has 0 saturated heterocycles. The number of hydrogen-bond donors (Lipinski definition) is 1. The molecule has 1 aliphatic heterocycles. The molecular formula is C14H20N2O2. The number of hydrogen-bond acceptors (Lipinski definition) is 3. The van der Waals surface area contributed by atoms with Gasteiger partial charge in [-0.2, -0.15) is 0 Å². The second-order valence-corrected chi connectivity index (χ2v) is 4.41. The fourth-order valence-electron chi connectivity index (χ4n) is 2.27. The number of nitrogens with two attached hydrogens (primary N) is 1. The summed E-state index contributed by atoms with van der Waals surface area (Å²) in [6.07, 6.45) is 0.952. The second-order valence-electron chi connectivity index (χ2n) is 4.41. The van der Waals surface area contributed by atoms with E-state index in [0.29, 0.717) is 19.8 Å². The Labute approximate surface area is 108 Å². The minimum absolute atomic E-state index is 0.0297. The fourth-order valence-corrected chi connectivity index (χ4v) is 2.27. The predicted octanol–water partition coefficient (Wildman–Crippen LogP) is 1.63. The highest BCUT2D eigenvalue weighted by atomic mass is 16.5. The van der Waals surface area contributed by atoms with Crippen molar-refractivity contribution in [2.45, 2.75) is 26.3 Å². The maximum atomic E-state index is 12.1. The Morgan fingerprint density at radius 1 is 1.39 bits per heavy atom. The van der Waals surface area contributed by atoms with Crippen LogP contribution in [0.4, 0.5) is 5.69 Å². The van der Waals surface area contributed by atoms with Gasteiger partial charge in [-0.25, -0.2) is 0 Å². The molecule has 0 radical (unpaired) electrons. The van der Waals surface area contributed by atoms with Gasteiger partial charge in [0.05, 0.1) is 6.61 Å². The van der Waals surface area contributed by atoms with E-state index in [1.165, 1.54) is 5.56 Å². The van der Waals surface area contributed by atoms with Gasteiger partial charge in [0.1, 0.15) is 6.04 Å². The molecule has 4 heteroatoms. The monoisotopic (exact) mass is 248 g/mol. The SMILES string of the molecule is CCOCCN1C(=O)C(N)c2cc(CC)ccc21. The van der Waals surface area contributed by atoms with Crippen molar-refractivity contribution in [1.82, 2.24) is 0 Å². The van der Waals surface area contributed by atoms with Gasteiger partial charge in [0.2, 0.25) is 5.91 Å². The number of carbonyl (C=O) groups excluding carboxylic acids is 1. The lowest BCUT2D eigenvalue weighted by Gasteiger charge is -2.17. The molecule has 1 aromatic carbocycles. The van der Waals surface area contributed by atoms with Crippen LogP contribution in [0.5, 0.6) is 0 Å². The van der Waals surface area contributed by atoms with Gasteiger partial charge in [-0.05, 0) is 25.0 Å². The summed E-state index contributed by atoms with van der Waals surface area (Å²) >= 11 is 0. The van der Waals surface area contributed by atoms with Crippen LogP contribution in [0.15, 0.2) is 18.2 Å². The van der Waals surface area contributed by atoms with Crippen molar-refractivity contribution in [3.63, 3.8) is 0 Å². The minimum atomic E-state index is -0.520. The molecule has 0 fully saturated rings. The Bertz CT molecular complexity index is 445. The zero-order chi connectivity index (χ0) is 13.1. The lowest BCUT2D eigenvalue weighted by atomic mass is 10.0. The Hall–Kier alpha value is -1.39. The van der Waals surface area contributed by atoms with E-state index in [9.17, 15) is 4.79 Å². The van der Waals surface area contributed by atoms with Crippen LogP contribution >= 0.6 is 0 Å². The highest BCUT2D eigenvalue weighted by Gasteiger charge is 2.34. The van der Waals surface area contributed by atoms with E-state index in [1.807, 2.05) is 19.1 Å². The van der Waals surface area contributed by atoms with Gasteiger partial charge in [-0.3, -0.25) is 4.79 Å². The third-order valence-electron chi connectivity index (χ3n) is 3.32. The molecule has 18 heavy (non-hydrogen) atoms. The van der Waals surface area contributed by atoms with Gasteiger partial charge >= 0.3 is 0 Å². The summed E-state index contributed by atoms with van der Waals surface area (Å²) in [4.78, 5) is 13.8. The number of anilines is 1. The summed E-state index contributed by atoms with van der Waals surface area (Å²) in [5.41, 5.74) is 9.06. The third kappa shape index (κ3) is 2.26. The van der Waals surface area contributed by atoms with E-state index >= 15 is 0 Å². The smallest absolute Gasteiger partial charge is 0.248 e. The Morgan fingerprint density at radius 3 is 2.83 bits per heavy atom. The van der Waals surface area contributed by atoms with E-state index in [2.05, 4.69) is 13.0 Å². The maximum absolute atomic E-state index is 12.1. The minimum Gasteiger partial charge on any atom is -0.380 e. The average molecular weight is 248 g/mol.